The van der Waals surface area contributed by atoms with Gasteiger partial charge in [0.05, 0.1) is 6.54 Å². The Kier molecular flexibility index (Phi) is 7.55. The minimum atomic E-state index is -0.411. The summed E-state index contributed by atoms with van der Waals surface area (Å²) in [5.41, 5.74) is 2.26. The SMILES string of the molecule is CCC(=O)c1ccc(OCC(=O)NCC(=O)Nc2ccc(Br)c(C)c2)cc1. The standard InChI is InChI=1S/C20H21BrN2O4/c1-3-18(24)14-4-7-16(8-5-14)27-12-20(26)22-11-19(25)23-15-6-9-17(21)13(2)10-15/h4-10H,3,11-12H2,1-2H3,(H,22,26)(H,23,25). The van der Waals surface area contributed by atoms with Gasteiger partial charge in [-0.1, -0.05) is 22.9 Å². The lowest BCUT2D eigenvalue weighted by Gasteiger charge is -2.09. The first kappa shape index (κ1) is 20.6. The van der Waals surface area contributed by atoms with Crippen LogP contribution < -0.4 is 15.4 Å². The Morgan fingerprint density at radius 3 is 2.37 bits per heavy atom. The van der Waals surface area contributed by atoms with E-state index in [1.807, 2.05) is 19.1 Å². The molecular formula is C20H21BrN2O4. The third-order valence-corrected chi connectivity index (χ3v) is 4.64. The summed E-state index contributed by atoms with van der Waals surface area (Å²) >= 11 is 3.40. The lowest BCUT2D eigenvalue weighted by atomic mass is 10.1. The van der Waals surface area contributed by atoms with Gasteiger partial charge in [-0.05, 0) is 55.0 Å². The van der Waals surface area contributed by atoms with Gasteiger partial charge in [0.25, 0.3) is 5.91 Å². The molecule has 0 spiro atoms. The molecule has 2 aromatic rings. The molecule has 0 fully saturated rings. The number of halogens is 1. The van der Waals surface area contributed by atoms with Crippen molar-refractivity contribution in [2.75, 3.05) is 18.5 Å². The molecule has 0 saturated carbocycles. The van der Waals surface area contributed by atoms with Gasteiger partial charge in [0.1, 0.15) is 5.75 Å². The molecule has 0 aliphatic heterocycles. The summed E-state index contributed by atoms with van der Waals surface area (Å²) in [6.07, 6.45) is 0.435. The van der Waals surface area contributed by atoms with Gasteiger partial charge in [0.2, 0.25) is 5.91 Å². The second-order valence-electron chi connectivity index (χ2n) is 5.88. The van der Waals surface area contributed by atoms with Crippen molar-refractivity contribution in [1.82, 2.24) is 5.32 Å². The number of amides is 2. The maximum Gasteiger partial charge on any atom is 0.258 e. The van der Waals surface area contributed by atoms with Crippen LogP contribution in [0.15, 0.2) is 46.9 Å². The molecule has 2 aromatic carbocycles. The van der Waals surface area contributed by atoms with Crippen LogP contribution in [0.1, 0.15) is 29.3 Å². The molecule has 0 atom stereocenters. The molecule has 27 heavy (non-hydrogen) atoms. The lowest BCUT2D eigenvalue weighted by molar-refractivity contribution is -0.125. The fourth-order valence-corrected chi connectivity index (χ4v) is 2.49. The molecule has 7 heteroatoms. The van der Waals surface area contributed by atoms with Crippen molar-refractivity contribution >= 4 is 39.2 Å². The summed E-state index contributed by atoms with van der Waals surface area (Å²) in [6, 6.07) is 12.0. The van der Waals surface area contributed by atoms with E-state index in [2.05, 4.69) is 26.6 Å². The molecule has 0 radical (unpaired) electrons. The van der Waals surface area contributed by atoms with Gasteiger partial charge in [-0.25, -0.2) is 0 Å². The van der Waals surface area contributed by atoms with Gasteiger partial charge in [-0.15, -0.1) is 0 Å². The van der Waals surface area contributed by atoms with E-state index in [1.165, 1.54) is 0 Å². The fourth-order valence-electron chi connectivity index (χ4n) is 2.25. The first-order valence-electron chi connectivity index (χ1n) is 8.47. The van der Waals surface area contributed by atoms with Crippen LogP contribution >= 0.6 is 15.9 Å². The molecule has 2 amide bonds. The molecule has 0 saturated heterocycles. The summed E-state index contributed by atoms with van der Waals surface area (Å²) in [5, 5.41) is 5.21. The Morgan fingerprint density at radius 2 is 1.74 bits per heavy atom. The Morgan fingerprint density at radius 1 is 1.04 bits per heavy atom. The molecule has 0 unspecified atom stereocenters. The minimum Gasteiger partial charge on any atom is -0.484 e. The fraction of sp³-hybridized carbons (Fsp3) is 0.250. The molecule has 2 rings (SSSR count). The second-order valence-corrected chi connectivity index (χ2v) is 6.73. The Balaban J connectivity index is 1.74. The Hall–Kier alpha value is -2.67. The average molecular weight is 433 g/mol. The zero-order chi connectivity index (χ0) is 19.8. The molecule has 0 aromatic heterocycles. The Bertz CT molecular complexity index is 834. The number of ketones is 1. The van der Waals surface area contributed by atoms with Crippen molar-refractivity contribution in [3.63, 3.8) is 0 Å². The van der Waals surface area contributed by atoms with Crippen LogP contribution in [0.5, 0.6) is 5.75 Å². The minimum absolute atomic E-state index is 0.0475. The zero-order valence-corrected chi connectivity index (χ0v) is 16.8. The van der Waals surface area contributed by atoms with Gasteiger partial charge >= 0.3 is 0 Å². The predicted molar refractivity (Wildman–Crippen MR) is 107 cm³/mol. The van der Waals surface area contributed by atoms with E-state index in [1.54, 1.807) is 37.3 Å². The molecule has 0 aliphatic rings. The van der Waals surface area contributed by atoms with Gasteiger partial charge in [-0.3, -0.25) is 14.4 Å². The topological polar surface area (TPSA) is 84.5 Å². The number of nitrogens with one attached hydrogen (secondary N) is 2. The molecule has 2 N–H and O–H groups in total. The van der Waals surface area contributed by atoms with E-state index in [9.17, 15) is 14.4 Å². The number of carbonyl (C=O) groups excluding carboxylic acids is 3. The van der Waals surface area contributed by atoms with Crippen molar-refractivity contribution in [2.24, 2.45) is 0 Å². The van der Waals surface area contributed by atoms with Gasteiger partial charge in [-0.2, -0.15) is 0 Å². The van der Waals surface area contributed by atoms with Crippen molar-refractivity contribution in [1.29, 1.82) is 0 Å². The highest BCUT2D eigenvalue weighted by Gasteiger charge is 2.08. The van der Waals surface area contributed by atoms with Crippen LogP contribution in [-0.4, -0.2) is 30.7 Å². The average Bonchev–Trinajstić information content (AvgIpc) is 2.67. The van der Waals surface area contributed by atoms with E-state index in [0.29, 0.717) is 23.4 Å². The van der Waals surface area contributed by atoms with Crippen LogP contribution in [0.2, 0.25) is 0 Å². The molecule has 6 nitrogen and oxygen atoms in total. The van der Waals surface area contributed by atoms with Crippen molar-refractivity contribution < 1.29 is 19.1 Å². The van der Waals surface area contributed by atoms with E-state index >= 15 is 0 Å². The van der Waals surface area contributed by atoms with Crippen LogP contribution in [0, 0.1) is 6.92 Å². The summed E-state index contributed by atoms with van der Waals surface area (Å²) < 4.78 is 6.31. The summed E-state index contributed by atoms with van der Waals surface area (Å²) in [6.45, 7) is 3.35. The van der Waals surface area contributed by atoms with Crippen LogP contribution in [-0.2, 0) is 9.59 Å². The largest absolute Gasteiger partial charge is 0.484 e. The number of ether oxygens (including phenoxy) is 1. The van der Waals surface area contributed by atoms with E-state index in [0.717, 1.165) is 10.0 Å². The van der Waals surface area contributed by atoms with E-state index in [-0.39, 0.29) is 24.8 Å². The number of rotatable bonds is 8. The molecule has 0 heterocycles. The first-order valence-corrected chi connectivity index (χ1v) is 9.27. The number of hydrogen-bond donors (Lipinski definition) is 2. The third-order valence-electron chi connectivity index (χ3n) is 3.76. The number of benzene rings is 2. The van der Waals surface area contributed by atoms with Crippen LogP contribution in [0.25, 0.3) is 0 Å². The van der Waals surface area contributed by atoms with Gasteiger partial charge in [0, 0.05) is 22.1 Å². The maximum atomic E-state index is 11.9. The highest BCUT2D eigenvalue weighted by molar-refractivity contribution is 9.10. The van der Waals surface area contributed by atoms with Gasteiger partial charge in [0.15, 0.2) is 12.4 Å². The van der Waals surface area contributed by atoms with E-state index in [4.69, 9.17) is 4.74 Å². The molecule has 0 bridgehead atoms. The number of Topliss-reactive ketones (excluding diaryl/α,β-unsaturated/α-hetero) is 1. The molecule has 0 aliphatic carbocycles. The predicted octanol–water partition coefficient (Wildman–Crippen LogP) is 3.48. The third kappa shape index (κ3) is 6.53. The monoisotopic (exact) mass is 432 g/mol. The first-order chi connectivity index (χ1) is 12.9. The maximum absolute atomic E-state index is 11.9. The van der Waals surface area contributed by atoms with Crippen LogP contribution in [0.3, 0.4) is 0 Å². The second kappa shape index (κ2) is 9.87. The van der Waals surface area contributed by atoms with Gasteiger partial charge < -0.3 is 15.4 Å². The van der Waals surface area contributed by atoms with E-state index < -0.39 is 5.91 Å². The highest BCUT2D eigenvalue weighted by Crippen LogP contribution is 2.19. The van der Waals surface area contributed by atoms with Crippen molar-refractivity contribution in [3.05, 3.63) is 58.1 Å². The molecular weight excluding hydrogens is 412 g/mol. The van der Waals surface area contributed by atoms with Crippen molar-refractivity contribution in [2.45, 2.75) is 20.3 Å². The quantitative estimate of drug-likeness (QED) is 0.625. The lowest BCUT2D eigenvalue weighted by Crippen LogP contribution is -2.35. The highest BCUT2D eigenvalue weighted by atomic mass is 79.9. The number of hydrogen-bond acceptors (Lipinski definition) is 4. The summed E-state index contributed by atoms with van der Waals surface area (Å²) in [7, 11) is 0. The summed E-state index contributed by atoms with van der Waals surface area (Å²) in [4.78, 5) is 35.3. The Labute approximate surface area is 166 Å². The number of aryl methyl sites for hydroxylation is 1. The van der Waals surface area contributed by atoms with Crippen molar-refractivity contribution in [3.8, 4) is 5.75 Å². The summed E-state index contributed by atoms with van der Waals surface area (Å²) in [5.74, 6) is -0.211. The van der Waals surface area contributed by atoms with Crippen LogP contribution in [0.4, 0.5) is 5.69 Å². The molecule has 142 valence electrons. The number of anilines is 1. The normalized spacial score (nSPS) is 10.2. The zero-order valence-electron chi connectivity index (χ0n) is 15.2. The smallest absolute Gasteiger partial charge is 0.258 e. The number of carbonyl (C=O) groups is 3.